The number of halogens is 1. The average Bonchev–Trinajstić information content (AvgIpc) is 2.66. The van der Waals surface area contributed by atoms with E-state index in [1.807, 2.05) is 0 Å². The number of ether oxygens (including phenoxy) is 2. The van der Waals surface area contributed by atoms with Crippen LogP contribution in [0.25, 0.3) is 0 Å². The van der Waals surface area contributed by atoms with Gasteiger partial charge in [-0.3, -0.25) is 0 Å². The van der Waals surface area contributed by atoms with Crippen LogP contribution in [0.4, 0.5) is 0 Å². The van der Waals surface area contributed by atoms with E-state index in [-0.39, 0.29) is 0 Å². The smallest absolute Gasteiger partial charge is 0.0951 e. The monoisotopic (exact) mass is 324 g/mol. The molecule has 1 aliphatic carbocycles. The quantitative estimate of drug-likeness (QED) is 0.586. The summed E-state index contributed by atoms with van der Waals surface area (Å²) in [6.07, 6.45) is 7.70. The molecule has 3 atom stereocenters. The Kier molecular flexibility index (Phi) is 4.70. The van der Waals surface area contributed by atoms with Gasteiger partial charge < -0.3 is 9.47 Å². The van der Waals surface area contributed by atoms with Crippen LogP contribution in [-0.4, -0.2) is 29.3 Å². The molecule has 0 bridgehead atoms. The summed E-state index contributed by atoms with van der Waals surface area (Å²) in [5.74, 6) is 0.794. The zero-order valence-electron chi connectivity index (χ0n) is 9.45. The van der Waals surface area contributed by atoms with Crippen molar-refractivity contribution < 1.29 is 9.47 Å². The van der Waals surface area contributed by atoms with Gasteiger partial charge in [-0.2, -0.15) is 0 Å². The fourth-order valence-corrected chi connectivity index (χ4v) is 3.25. The minimum absolute atomic E-state index is 0.336. The van der Waals surface area contributed by atoms with Gasteiger partial charge in [-0.05, 0) is 25.7 Å². The van der Waals surface area contributed by atoms with Crippen molar-refractivity contribution in [2.24, 2.45) is 5.92 Å². The first-order valence-electron chi connectivity index (χ1n) is 6.14. The van der Waals surface area contributed by atoms with E-state index >= 15 is 0 Å². The molecule has 88 valence electrons. The molecule has 2 fully saturated rings. The largest absolute Gasteiger partial charge is 0.378 e. The van der Waals surface area contributed by atoms with E-state index in [2.05, 4.69) is 29.5 Å². The first-order chi connectivity index (χ1) is 7.27. The molecule has 1 aliphatic heterocycles. The Morgan fingerprint density at radius 2 is 1.93 bits per heavy atom. The summed E-state index contributed by atoms with van der Waals surface area (Å²) in [4.78, 5) is 0. The van der Waals surface area contributed by atoms with Gasteiger partial charge in [0, 0.05) is 0 Å². The van der Waals surface area contributed by atoms with E-state index in [0.717, 1.165) is 19.1 Å². The molecule has 0 aromatic carbocycles. The highest BCUT2D eigenvalue weighted by Gasteiger charge is 2.30. The first-order valence-corrected chi connectivity index (χ1v) is 7.39. The lowest BCUT2D eigenvalue weighted by atomic mass is 9.86. The molecule has 1 saturated carbocycles. The molecular formula is C12H21IO2. The van der Waals surface area contributed by atoms with Crippen molar-refractivity contribution in [3.63, 3.8) is 0 Å². The molecule has 2 nitrogen and oxygen atoms in total. The highest BCUT2D eigenvalue weighted by atomic mass is 127. The lowest BCUT2D eigenvalue weighted by molar-refractivity contribution is -0.0396. The van der Waals surface area contributed by atoms with E-state index in [1.54, 1.807) is 0 Å². The molecule has 2 aliphatic rings. The van der Waals surface area contributed by atoms with Crippen LogP contribution in [-0.2, 0) is 9.47 Å². The van der Waals surface area contributed by atoms with Crippen molar-refractivity contribution in [2.75, 3.05) is 13.2 Å². The van der Waals surface area contributed by atoms with Crippen molar-refractivity contribution in [2.45, 2.75) is 55.2 Å². The van der Waals surface area contributed by atoms with Gasteiger partial charge in [0.15, 0.2) is 0 Å². The highest BCUT2D eigenvalue weighted by molar-refractivity contribution is 14.1. The summed E-state index contributed by atoms with van der Waals surface area (Å²) in [6.45, 7) is 3.91. The molecule has 0 aromatic heterocycles. The van der Waals surface area contributed by atoms with Crippen LogP contribution in [0.5, 0.6) is 0 Å². The van der Waals surface area contributed by atoms with E-state index in [9.17, 15) is 0 Å². The summed E-state index contributed by atoms with van der Waals surface area (Å²) in [5.41, 5.74) is 0. The second kappa shape index (κ2) is 5.82. The van der Waals surface area contributed by atoms with Crippen LogP contribution in [0.15, 0.2) is 0 Å². The molecule has 1 heterocycles. The molecule has 15 heavy (non-hydrogen) atoms. The fourth-order valence-electron chi connectivity index (χ4n) is 2.62. The van der Waals surface area contributed by atoms with Gasteiger partial charge in [-0.15, -0.1) is 0 Å². The van der Waals surface area contributed by atoms with Crippen LogP contribution >= 0.6 is 22.6 Å². The summed E-state index contributed by atoms with van der Waals surface area (Å²) < 4.78 is 12.1. The second-order valence-corrected chi connectivity index (χ2v) is 6.43. The van der Waals surface area contributed by atoms with Crippen LogP contribution in [0.3, 0.4) is 0 Å². The maximum absolute atomic E-state index is 6.13. The SMILES string of the molecule is CC(OC1COCC1I)C1CCCCC1. The second-order valence-electron chi connectivity index (χ2n) is 4.83. The van der Waals surface area contributed by atoms with Gasteiger partial charge >= 0.3 is 0 Å². The predicted molar refractivity (Wildman–Crippen MR) is 69.5 cm³/mol. The Balaban J connectivity index is 1.77. The van der Waals surface area contributed by atoms with Crippen molar-refractivity contribution in [3.8, 4) is 0 Å². The van der Waals surface area contributed by atoms with E-state index in [4.69, 9.17) is 9.47 Å². The molecule has 3 heteroatoms. The maximum atomic E-state index is 6.13. The molecular weight excluding hydrogens is 303 g/mol. The van der Waals surface area contributed by atoms with Crippen LogP contribution < -0.4 is 0 Å². The molecule has 0 spiro atoms. The molecule has 0 aromatic rings. The summed E-state index contributed by atoms with van der Waals surface area (Å²) in [6, 6.07) is 0. The number of hydrogen-bond donors (Lipinski definition) is 0. The van der Waals surface area contributed by atoms with E-state index < -0.39 is 0 Å². The Labute approximate surface area is 106 Å². The van der Waals surface area contributed by atoms with Gasteiger partial charge in [0.1, 0.15) is 0 Å². The number of alkyl halides is 1. The molecule has 0 N–H and O–H groups in total. The topological polar surface area (TPSA) is 18.5 Å². The lowest BCUT2D eigenvalue weighted by Gasteiger charge is -2.30. The lowest BCUT2D eigenvalue weighted by Crippen LogP contribution is -2.32. The molecule has 1 saturated heterocycles. The van der Waals surface area contributed by atoms with Gasteiger partial charge in [-0.25, -0.2) is 0 Å². The number of rotatable bonds is 3. The third-order valence-electron chi connectivity index (χ3n) is 3.67. The summed E-state index contributed by atoms with van der Waals surface area (Å²) in [7, 11) is 0. The zero-order valence-corrected chi connectivity index (χ0v) is 11.6. The summed E-state index contributed by atoms with van der Waals surface area (Å²) >= 11 is 2.45. The normalized spacial score (nSPS) is 35.6. The Bertz CT molecular complexity index is 192. The minimum Gasteiger partial charge on any atom is -0.378 e. The third-order valence-corrected chi connectivity index (χ3v) is 4.83. The van der Waals surface area contributed by atoms with Crippen LogP contribution in [0, 0.1) is 5.92 Å². The van der Waals surface area contributed by atoms with Gasteiger partial charge in [0.25, 0.3) is 0 Å². The predicted octanol–water partition coefficient (Wildman–Crippen LogP) is 3.17. The maximum Gasteiger partial charge on any atom is 0.0951 e. The third kappa shape index (κ3) is 3.30. The molecule has 3 unspecified atom stereocenters. The van der Waals surface area contributed by atoms with Crippen molar-refractivity contribution in [3.05, 3.63) is 0 Å². The molecule has 2 rings (SSSR count). The number of hydrogen-bond acceptors (Lipinski definition) is 2. The summed E-state index contributed by atoms with van der Waals surface area (Å²) in [5, 5.41) is 0. The standard InChI is InChI=1S/C12H21IO2/c1-9(10-5-3-2-4-6-10)15-12-8-14-7-11(12)13/h9-12H,2-8H2,1H3. The van der Waals surface area contributed by atoms with Crippen molar-refractivity contribution >= 4 is 22.6 Å². The van der Waals surface area contributed by atoms with Gasteiger partial charge in [0.2, 0.25) is 0 Å². The van der Waals surface area contributed by atoms with Crippen molar-refractivity contribution in [1.29, 1.82) is 0 Å². The van der Waals surface area contributed by atoms with E-state index in [1.165, 1.54) is 32.1 Å². The highest BCUT2D eigenvalue weighted by Crippen LogP contribution is 2.30. The molecule has 0 amide bonds. The molecule has 0 radical (unpaired) electrons. The van der Waals surface area contributed by atoms with Crippen LogP contribution in [0.2, 0.25) is 0 Å². The Morgan fingerprint density at radius 3 is 2.53 bits per heavy atom. The van der Waals surface area contributed by atoms with Gasteiger partial charge in [-0.1, -0.05) is 41.9 Å². The Morgan fingerprint density at radius 1 is 1.20 bits per heavy atom. The Hall–Kier alpha value is 0.650. The zero-order chi connectivity index (χ0) is 10.7. The first kappa shape index (κ1) is 12.1. The fraction of sp³-hybridized carbons (Fsp3) is 1.00. The minimum atomic E-state index is 0.336. The van der Waals surface area contributed by atoms with Crippen LogP contribution in [0.1, 0.15) is 39.0 Å². The van der Waals surface area contributed by atoms with E-state index in [0.29, 0.717) is 16.1 Å². The average molecular weight is 324 g/mol. The van der Waals surface area contributed by atoms with Gasteiger partial charge in [0.05, 0.1) is 29.3 Å². The van der Waals surface area contributed by atoms with Crippen molar-refractivity contribution in [1.82, 2.24) is 0 Å².